The Morgan fingerprint density at radius 1 is 1.27 bits per heavy atom. The molecule has 1 saturated heterocycles. The van der Waals surface area contributed by atoms with E-state index in [1.165, 1.54) is 10.6 Å². The lowest BCUT2D eigenvalue weighted by atomic mass is 9.78. The van der Waals surface area contributed by atoms with E-state index in [4.69, 9.17) is 0 Å². The van der Waals surface area contributed by atoms with Gasteiger partial charge in [-0.3, -0.25) is 4.79 Å². The van der Waals surface area contributed by atoms with Crippen molar-refractivity contribution < 1.29 is 13.2 Å². The average molecular weight is 430 g/mol. The Morgan fingerprint density at radius 2 is 2.07 bits per heavy atom. The van der Waals surface area contributed by atoms with Crippen LogP contribution in [0.15, 0.2) is 30.5 Å². The van der Waals surface area contributed by atoms with Crippen molar-refractivity contribution in [3.63, 3.8) is 0 Å². The van der Waals surface area contributed by atoms with Crippen LogP contribution in [0.3, 0.4) is 0 Å². The van der Waals surface area contributed by atoms with Crippen LogP contribution >= 0.6 is 0 Å². The maximum atomic E-state index is 12.2. The van der Waals surface area contributed by atoms with E-state index in [0.717, 1.165) is 29.7 Å². The third-order valence-electron chi connectivity index (χ3n) is 5.82. The van der Waals surface area contributed by atoms with Gasteiger partial charge in [0.1, 0.15) is 0 Å². The number of sulfonamides is 1. The Labute approximate surface area is 177 Å². The summed E-state index contributed by atoms with van der Waals surface area (Å²) in [5, 5.41) is 6.22. The number of nitrogens with zero attached hydrogens (tertiary/aromatic N) is 3. The summed E-state index contributed by atoms with van der Waals surface area (Å²) in [4.78, 5) is 21.2. The number of nitrogens with one attached hydrogen (secondary N) is 2. The third kappa shape index (κ3) is 4.17. The van der Waals surface area contributed by atoms with Crippen LogP contribution in [0.1, 0.15) is 42.6 Å². The van der Waals surface area contributed by atoms with E-state index >= 15 is 0 Å². The number of aromatic nitrogens is 2. The molecule has 8 nitrogen and oxygen atoms in total. The van der Waals surface area contributed by atoms with Gasteiger partial charge in [-0.05, 0) is 36.6 Å². The Kier molecular flexibility index (Phi) is 5.27. The first-order valence-electron chi connectivity index (χ1n) is 10.1. The minimum atomic E-state index is -3.21. The maximum absolute atomic E-state index is 12.2. The molecule has 4 rings (SSSR count). The number of carbonyl (C=O) groups excluding carboxylic acids is 1. The van der Waals surface area contributed by atoms with Crippen LogP contribution < -0.4 is 10.6 Å². The molecule has 1 aromatic heterocycles. The van der Waals surface area contributed by atoms with Crippen molar-refractivity contribution in [3.05, 3.63) is 41.6 Å². The SMILES string of the molecule is CC1(C)CNC(=O)c2ccc(-c3ccnc(N[C@H]4CCCN(S(C)(=O)=O)C4)n3)cc21. The van der Waals surface area contributed by atoms with Gasteiger partial charge in [-0.1, -0.05) is 19.9 Å². The van der Waals surface area contributed by atoms with Crippen molar-refractivity contribution in [3.8, 4) is 11.3 Å². The Balaban J connectivity index is 1.58. The van der Waals surface area contributed by atoms with Gasteiger partial charge in [-0.15, -0.1) is 0 Å². The molecule has 160 valence electrons. The highest BCUT2D eigenvalue weighted by molar-refractivity contribution is 7.88. The molecule has 0 bridgehead atoms. The maximum Gasteiger partial charge on any atom is 0.251 e. The lowest BCUT2D eigenvalue weighted by Crippen LogP contribution is -2.44. The van der Waals surface area contributed by atoms with E-state index in [9.17, 15) is 13.2 Å². The van der Waals surface area contributed by atoms with Crippen molar-refractivity contribution in [1.82, 2.24) is 19.6 Å². The molecule has 0 aliphatic carbocycles. The topological polar surface area (TPSA) is 104 Å². The van der Waals surface area contributed by atoms with E-state index in [-0.39, 0.29) is 17.4 Å². The molecule has 0 spiro atoms. The summed E-state index contributed by atoms with van der Waals surface area (Å²) < 4.78 is 25.2. The highest BCUT2D eigenvalue weighted by atomic mass is 32.2. The van der Waals surface area contributed by atoms with Crippen LogP contribution in [0.25, 0.3) is 11.3 Å². The monoisotopic (exact) mass is 429 g/mol. The Bertz CT molecular complexity index is 1080. The van der Waals surface area contributed by atoms with Crippen LogP contribution in [-0.4, -0.2) is 60.5 Å². The molecular weight excluding hydrogens is 402 g/mol. The highest BCUT2D eigenvalue weighted by Crippen LogP contribution is 2.33. The molecular formula is C21H27N5O3S. The molecule has 0 saturated carbocycles. The van der Waals surface area contributed by atoms with Gasteiger partial charge in [0.25, 0.3) is 5.91 Å². The molecule has 2 N–H and O–H groups in total. The van der Waals surface area contributed by atoms with E-state index in [1.54, 1.807) is 6.20 Å². The van der Waals surface area contributed by atoms with Crippen molar-refractivity contribution in [2.75, 3.05) is 31.2 Å². The molecule has 0 unspecified atom stereocenters. The average Bonchev–Trinajstić information content (AvgIpc) is 2.71. The second-order valence-electron chi connectivity index (χ2n) is 8.70. The number of carbonyl (C=O) groups is 1. The first-order valence-corrected chi connectivity index (χ1v) is 12.0. The summed E-state index contributed by atoms with van der Waals surface area (Å²) in [7, 11) is -3.21. The largest absolute Gasteiger partial charge is 0.351 e. The van der Waals surface area contributed by atoms with Crippen molar-refractivity contribution in [2.45, 2.75) is 38.1 Å². The van der Waals surface area contributed by atoms with Gasteiger partial charge < -0.3 is 10.6 Å². The van der Waals surface area contributed by atoms with Gasteiger partial charge in [-0.2, -0.15) is 0 Å². The van der Waals surface area contributed by atoms with Crippen LogP contribution in [0.5, 0.6) is 0 Å². The minimum Gasteiger partial charge on any atom is -0.351 e. The van der Waals surface area contributed by atoms with Crippen LogP contribution in [0.2, 0.25) is 0 Å². The zero-order valence-corrected chi connectivity index (χ0v) is 18.3. The number of piperidine rings is 1. The number of benzene rings is 1. The minimum absolute atomic E-state index is 0.0325. The van der Waals surface area contributed by atoms with Gasteiger partial charge in [0.15, 0.2) is 0 Å². The standard InChI is InChI=1S/C21H27N5O3S/c1-21(2)13-23-19(27)16-7-6-14(11-17(16)21)18-8-9-22-20(25-18)24-15-5-4-10-26(12-15)30(3,28)29/h6-9,11,15H,4-5,10,12-13H2,1-3H3,(H,23,27)(H,22,24,25)/t15-/m0/s1. The molecule has 3 heterocycles. The van der Waals surface area contributed by atoms with E-state index in [1.807, 2.05) is 24.3 Å². The fourth-order valence-electron chi connectivity index (χ4n) is 4.09. The smallest absolute Gasteiger partial charge is 0.251 e. The zero-order chi connectivity index (χ0) is 21.5. The number of hydrogen-bond acceptors (Lipinski definition) is 6. The highest BCUT2D eigenvalue weighted by Gasteiger charge is 2.32. The molecule has 2 aliphatic heterocycles. The van der Waals surface area contributed by atoms with Crippen LogP contribution in [-0.2, 0) is 15.4 Å². The second kappa shape index (κ2) is 7.63. The lowest BCUT2D eigenvalue weighted by Gasteiger charge is -2.32. The lowest BCUT2D eigenvalue weighted by molar-refractivity contribution is 0.0930. The third-order valence-corrected chi connectivity index (χ3v) is 7.09. The zero-order valence-electron chi connectivity index (χ0n) is 17.5. The molecule has 1 fully saturated rings. The van der Waals surface area contributed by atoms with Gasteiger partial charge in [0, 0.05) is 48.4 Å². The summed E-state index contributed by atoms with van der Waals surface area (Å²) >= 11 is 0. The van der Waals surface area contributed by atoms with Crippen molar-refractivity contribution in [2.24, 2.45) is 0 Å². The number of rotatable bonds is 4. The molecule has 2 aromatic rings. The first-order chi connectivity index (χ1) is 14.1. The van der Waals surface area contributed by atoms with Gasteiger partial charge in [0.05, 0.1) is 11.9 Å². The quantitative estimate of drug-likeness (QED) is 0.770. The molecule has 0 radical (unpaired) electrons. The van der Waals surface area contributed by atoms with Gasteiger partial charge >= 0.3 is 0 Å². The second-order valence-corrected chi connectivity index (χ2v) is 10.7. The fraction of sp³-hybridized carbons (Fsp3) is 0.476. The molecule has 1 aromatic carbocycles. The van der Waals surface area contributed by atoms with E-state index in [0.29, 0.717) is 31.1 Å². The predicted octanol–water partition coefficient (Wildman–Crippen LogP) is 2.00. The van der Waals surface area contributed by atoms with Crippen LogP contribution in [0.4, 0.5) is 5.95 Å². The number of amides is 1. The predicted molar refractivity (Wildman–Crippen MR) is 116 cm³/mol. The molecule has 9 heteroatoms. The molecule has 30 heavy (non-hydrogen) atoms. The van der Waals surface area contributed by atoms with Gasteiger partial charge in [0.2, 0.25) is 16.0 Å². The Hall–Kier alpha value is -2.52. The van der Waals surface area contributed by atoms with E-state index < -0.39 is 10.0 Å². The van der Waals surface area contributed by atoms with E-state index in [2.05, 4.69) is 34.4 Å². The molecule has 1 amide bonds. The number of anilines is 1. The van der Waals surface area contributed by atoms with Crippen molar-refractivity contribution in [1.29, 1.82) is 0 Å². The summed E-state index contributed by atoms with van der Waals surface area (Å²) in [6, 6.07) is 7.59. The van der Waals surface area contributed by atoms with Crippen LogP contribution in [0, 0.1) is 0 Å². The summed E-state index contributed by atoms with van der Waals surface area (Å²) in [6.07, 6.45) is 4.59. The summed E-state index contributed by atoms with van der Waals surface area (Å²) in [6.45, 7) is 5.78. The van der Waals surface area contributed by atoms with Crippen molar-refractivity contribution >= 4 is 21.9 Å². The number of fused-ring (bicyclic) bond motifs is 1. The number of hydrogen-bond donors (Lipinski definition) is 2. The molecule has 1 atom stereocenters. The molecule has 2 aliphatic rings. The summed E-state index contributed by atoms with van der Waals surface area (Å²) in [5.41, 5.74) is 3.22. The Morgan fingerprint density at radius 3 is 2.83 bits per heavy atom. The van der Waals surface area contributed by atoms with Gasteiger partial charge in [-0.25, -0.2) is 22.7 Å². The fourth-order valence-corrected chi connectivity index (χ4v) is 5.00. The summed E-state index contributed by atoms with van der Waals surface area (Å²) in [5.74, 6) is 0.427. The normalized spacial score (nSPS) is 21.6. The first kappa shape index (κ1) is 20.7.